The van der Waals surface area contributed by atoms with Gasteiger partial charge in [-0.3, -0.25) is 0 Å². The van der Waals surface area contributed by atoms with Crippen LogP contribution >= 0.6 is 0 Å². The molecule has 0 unspecified atom stereocenters. The molecule has 3 rings (SSSR count). The van der Waals surface area contributed by atoms with Crippen LogP contribution < -0.4 is 10.2 Å². The van der Waals surface area contributed by atoms with Gasteiger partial charge in [-0.2, -0.15) is 4.98 Å². The maximum Gasteiger partial charge on any atom is 0.227 e. The molecular formula is C16H27N5O4S. The molecule has 2 saturated heterocycles. The first-order chi connectivity index (χ1) is 12.3. The number of aryl methyl sites for hydroxylation is 1. The lowest BCUT2D eigenvalue weighted by Gasteiger charge is -2.27. The van der Waals surface area contributed by atoms with Crippen LogP contribution in [0.25, 0.3) is 0 Å². The lowest BCUT2D eigenvalue weighted by Crippen LogP contribution is -2.38. The average molecular weight is 385 g/mol. The van der Waals surface area contributed by atoms with E-state index in [-0.39, 0.29) is 17.7 Å². The van der Waals surface area contributed by atoms with Crippen molar-refractivity contribution in [3.63, 3.8) is 0 Å². The Morgan fingerprint density at radius 2 is 1.96 bits per heavy atom. The van der Waals surface area contributed by atoms with E-state index in [1.165, 1.54) is 4.31 Å². The molecule has 2 fully saturated rings. The molecule has 9 nitrogen and oxygen atoms in total. The van der Waals surface area contributed by atoms with E-state index in [0.717, 1.165) is 18.8 Å². The van der Waals surface area contributed by atoms with E-state index in [1.807, 2.05) is 13.0 Å². The Balaban J connectivity index is 1.72. The van der Waals surface area contributed by atoms with Crippen LogP contribution in [0.5, 0.6) is 0 Å². The van der Waals surface area contributed by atoms with Crippen molar-refractivity contribution in [1.82, 2.24) is 14.3 Å². The first-order valence-corrected chi connectivity index (χ1v) is 10.4. The third kappa shape index (κ3) is 4.61. The summed E-state index contributed by atoms with van der Waals surface area (Å²) in [5.41, 5.74) is 0.861. The number of ether oxygens (including phenoxy) is 2. The summed E-state index contributed by atoms with van der Waals surface area (Å²) in [7, 11) is -0.179. The number of aromatic nitrogens is 2. The van der Waals surface area contributed by atoms with Crippen LogP contribution in [0.2, 0.25) is 0 Å². The third-order valence-electron chi connectivity index (χ3n) is 4.65. The molecule has 0 spiro atoms. The van der Waals surface area contributed by atoms with Gasteiger partial charge in [-0.15, -0.1) is 0 Å². The summed E-state index contributed by atoms with van der Waals surface area (Å²) >= 11 is 0. The Hall–Kier alpha value is -1.49. The Bertz CT molecular complexity index is 721. The van der Waals surface area contributed by atoms with E-state index in [1.54, 1.807) is 14.1 Å². The first-order valence-electron chi connectivity index (χ1n) is 8.78. The highest BCUT2D eigenvalue weighted by Gasteiger charge is 2.33. The van der Waals surface area contributed by atoms with Crippen molar-refractivity contribution in [2.75, 3.05) is 69.6 Å². The molecule has 3 heterocycles. The minimum Gasteiger partial charge on any atom is -0.379 e. The normalized spacial score (nSPS) is 24.2. The molecule has 2 atom stereocenters. The second-order valence-electron chi connectivity index (χ2n) is 6.90. The van der Waals surface area contributed by atoms with Crippen molar-refractivity contribution in [1.29, 1.82) is 0 Å². The predicted molar refractivity (Wildman–Crippen MR) is 99.0 cm³/mol. The molecule has 146 valence electrons. The average Bonchev–Trinajstić information content (AvgIpc) is 3.01. The monoisotopic (exact) mass is 385 g/mol. The fourth-order valence-electron chi connectivity index (χ4n) is 3.06. The molecule has 1 N–H and O–H groups in total. The van der Waals surface area contributed by atoms with Gasteiger partial charge in [0.1, 0.15) is 5.82 Å². The van der Waals surface area contributed by atoms with Gasteiger partial charge >= 0.3 is 0 Å². The number of nitrogens with zero attached hydrogens (tertiary/aromatic N) is 4. The molecule has 2 aliphatic heterocycles. The van der Waals surface area contributed by atoms with E-state index >= 15 is 0 Å². The van der Waals surface area contributed by atoms with Crippen molar-refractivity contribution in [2.45, 2.75) is 13.0 Å². The molecule has 0 amide bonds. The number of nitrogens with one attached hydrogen (secondary N) is 1. The van der Waals surface area contributed by atoms with Gasteiger partial charge in [-0.25, -0.2) is 17.7 Å². The highest BCUT2D eigenvalue weighted by atomic mass is 32.2. The van der Waals surface area contributed by atoms with Crippen molar-refractivity contribution in [3.8, 4) is 0 Å². The number of sulfonamides is 1. The Morgan fingerprint density at radius 3 is 2.65 bits per heavy atom. The summed E-state index contributed by atoms with van der Waals surface area (Å²) in [6.07, 6.45) is 0. The second kappa shape index (κ2) is 8.03. The smallest absolute Gasteiger partial charge is 0.227 e. The van der Waals surface area contributed by atoms with E-state index in [4.69, 9.17) is 9.47 Å². The molecule has 0 bridgehead atoms. The molecule has 0 aromatic carbocycles. The molecule has 1 aromatic rings. The molecular weight excluding hydrogens is 358 g/mol. The van der Waals surface area contributed by atoms with Crippen LogP contribution in [0, 0.1) is 12.8 Å². The van der Waals surface area contributed by atoms with E-state index in [0.29, 0.717) is 38.2 Å². The molecule has 1 aromatic heterocycles. The zero-order valence-corrected chi connectivity index (χ0v) is 16.3. The largest absolute Gasteiger partial charge is 0.379 e. The van der Waals surface area contributed by atoms with Gasteiger partial charge in [-0.1, -0.05) is 0 Å². The van der Waals surface area contributed by atoms with Gasteiger partial charge in [0, 0.05) is 44.9 Å². The maximum absolute atomic E-state index is 12.2. The predicted octanol–water partition coefficient (Wildman–Crippen LogP) is -0.0601. The van der Waals surface area contributed by atoms with Crippen LogP contribution in [-0.2, 0) is 19.5 Å². The Morgan fingerprint density at radius 1 is 1.23 bits per heavy atom. The topological polar surface area (TPSA) is 96.9 Å². The fourth-order valence-corrected chi connectivity index (χ4v) is 4.23. The van der Waals surface area contributed by atoms with E-state index in [2.05, 4.69) is 20.2 Å². The zero-order valence-electron chi connectivity index (χ0n) is 15.5. The molecule has 0 radical (unpaired) electrons. The van der Waals surface area contributed by atoms with E-state index < -0.39 is 10.0 Å². The van der Waals surface area contributed by atoms with Gasteiger partial charge < -0.3 is 19.7 Å². The zero-order chi connectivity index (χ0) is 18.7. The van der Waals surface area contributed by atoms with Gasteiger partial charge in [0.2, 0.25) is 16.0 Å². The first kappa shape index (κ1) is 19.3. The van der Waals surface area contributed by atoms with Crippen LogP contribution in [0.15, 0.2) is 6.07 Å². The summed E-state index contributed by atoms with van der Waals surface area (Å²) in [4.78, 5) is 11.2. The number of hydrogen-bond acceptors (Lipinski definition) is 8. The number of morpholine rings is 1. The molecule has 0 aliphatic carbocycles. The lowest BCUT2D eigenvalue weighted by atomic mass is 10.1. The molecule has 10 heteroatoms. The minimum absolute atomic E-state index is 0.0536. The standard InChI is InChI=1S/C16H27N5O4S/c1-12-8-15(19-16(17-12)21-4-6-24-7-5-21)18-14-10-25-9-13(14)11-26(22,23)20(2)3/h8,13-14H,4-7,9-11H2,1-3H3,(H,17,18,19)/t13-,14+/m0/s1. The Labute approximate surface area is 154 Å². The second-order valence-corrected chi connectivity index (χ2v) is 9.13. The molecule has 0 saturated carbocycles. The number of anilines is 2. The summed E-state index contributed by atoms with van der Waals surface area (Å²) in [5.74, 6) is 1.30. The van der Waals surface area contributed by atoms with Gasteiger partial charge in [0.15, 0.2) is 0 Å². The summed E-state index contributed by atoms with van der Waals surface area (Å²) in [5, 5.41) is 3.36. The highest BCUT2D eigenvalue weighted by molar-refractivity contribution is 7.89. The van der Waals surface area contributed by atoms with Crippen LogP contribution in [0.3, 0.4) is 0 Å². The summed E-state index contributed by atoms with van der Waals surface area (Å²) in [6, 6.07) is 1.77. The minimum atomic E-state index is -3.28. The van der Waals surface area contributed by atoms with Crippen LogP contribution in [-0.4, -0.2) is 88.1 Å². The third-order valence-corrected chi connectivity index (χ3v) is 6.61. The summed E-state index contributed by atoms with van der Waals surface area (Å²) in [6.45, 7) is 5.67. The van der Waals surface area contributed by atoms with Crippen molar-refractivity contribution in [3.05, 3.63) is 11.8 Å². The van der Waals surface area contributed by atoms with Crippen molar-refractivity contribution in [2.24, 2.45) is 5.92 Å². The van der Waals surface area contributed by atoms with Gasteiger partial charge in [0.25, 0.3) is 0 Å². The van der Waals surface area contributed by atoms with Gasteiger partial charge in [-0.05, 0) is 6.92 Å². The number of hydrogen-bond donors (Lipinski definition) is 1. The van der Waals surface area contributed by atoms with E-state index in [9.17, 15) is 8.42 Å². The number of rotatable bonds is 6. The van der Waals surface area contributed by atoms with Crippen molar-refractivity contribution < 1.29 is 17.9 Å². The lowest BCUT2D eigenvalue weighted by molar-refractivity contribution is 0.122. The Kier molecular flexibility index (Phi) is 5.96. The van der Waals surface area contributed by atoms with Crippen LogP contribution in [0.1, 0.15) is 5.69 Å². The van der Waals surface area contributed by atoms with Gasteiger partial charge in [0.05, 0.1) is 38.2 Å². The van der Waals surface area contributed by atoms with Crippen molar-refractivity contribution >= 4 is 21.8 Å². The molecule has 26 heavy (non-hydrogen) atoms. The quantitative estimate of drug-likeness (QED) is 0.727. The fraction of sp³-hybridized carbons (Fsp3) is 0.750. The summed E-state index contributed by atoms with van der Waals surface area (Å²) < 4.78 is 36.6. The SMILES string of the molecule is Cc1cc(N[C@@H]2COC[C@H]2CS(=O)(=O)N(C)C)nc(N2CCOCC2)n1. The maximum atomic E-state index is 12.2. The van der Waals surface area contributed by atoms with Crippen LogP contribution in [0.4, 0.5) is 11.8 Å². The highest BCUT2D eigenvalue weighted by Crippen LogP contribution is 2.22. The molecule has 2 aliphatic rings.